The number of halogens is 1. The molecule has 2 unspecified atom stereocenters. The van der Waals surface area contributed by atoms with E-state index < -0.39 is 6.10 Å². The lowest BCUT2D eigenvalue weighted by Crippen LogP contribution is -2.56. The Morgan fingerprint density at radius 2 is 1.88 bits per heavy atom. The van der Waals surface area contributed by atoms with Gasteiger partial charge in [0.1, 0.15) is 17.5 Å². The molecule has 1 aromatic carbocycles. The third kappa shape index (κ3) is 1.82. The summed E-state index contributed by atoms with van der Waals surface area (Å²) in [5.74, 6) is 0.804. The van der Waals surface area contributed by atoms with Gasteiger partial charge in [-0.05, 0) is 31.7 Å². The number of hydrogen-bond donors (Lipinski definition) is 2. The first-order chi connectivity index (χ1) is 7.73. The van der Waals surface area contributed by atoms with Gasteiger partial charge in [-0.15, -0.1) is 12.4 Å². The molecule has 2 aliphatic rings. The van der Waals surface area contributed by atoms with Gasteiger partial charge in [0, 0.05) is 5.56 Å². The minimum atomic E-state index is -0.594. The number of ether oxygens (including phenoxy) is 1. The summed E-state index contributed by atoms with van der Waals surface area (Å²) >= 11 is 0. The van der Waals surface area contributed by atoms with Crippen LogP contribution in [0.4, 0.5) is 0 Å². The summed E-state index contributed by atoms with van der Waals surface area (Å²) in [6, 6.07) is 7.35. The summed E-state index contributed by atoms with van der Waals surface area (Å²) in [7, 11) is 0. The molecule has 0 bridgehead atoms. The summed E-state index contributed by atoms with van der Waals surface area (Å²) in [5.41, 5.74) is 6.66. The lowest BCUT2D eigenvalue weighted by molar-refractivity contribution is -0.0315. The SMILES string of the molecule is Cl.NC1C(O)c2ccccc2OC12CCCC2. The molecular formula is C13H18ClNO2. The molecule has 2 atom stereocenters. The maximum absolute atomic E-state index is 10.3. The van der Waals surface area contributed by atoms with Crippen molar-refractivity contribution in [3.8, 4) is 5.75 Å². The zero-order chi connectivity index (χ0) is 11.2. The number of aliphatic hydroxyl groups is 1. The molecular weight excluding hydrogens is 238 g/mol. The van der Waals surface area contributed by atoms with Gasteiger partial charge in [-0.3, -0.25) is 0 Å². The predicted molar refractivity (Wildman–Crippen MR) is 68.5 cm³/mol. The zero-order valence-corrected chi connectivity index (χ0v) is 10.5. The first-order valence-corrected chi connectivity index (χ1v) is 5.94. The van der Waals surface area contributed by atoms with E-state index in [1.165, 1.54) is 0 Å². The van der Waals surface area contributed by atoms with Crippen molar-refractivity contribution in [2.75, 3.05) is 0 Å². The molecule has 1 saturated carbocycles. The van der Waals surface area contributed by atoms with Crippen molar-refractivity contribution >= 4 is 12.4 Å². The van der Waals surface area contributed by atoms with Crippen molar-refractivity contribution in [2.24, 2.45) is 5.73 Å². The molecule has 17 heavy (non-hydrogen) atoms. The lowest BCUT2D eigenvalue weighted by atomic mass is 9.83. The molecule has 1 fully saturated rings. The van der Waals surface area contributed by atoms with Gasteiger partial charge in [-0.1, -0.05) is 18.2 Å². The van der Waals surface area contributed by atoms with Gasteiger partial charge in [0.25, 0.3) is 0 Å². The molecule has 0 radical (unpaired) electrons. The van der Waals surface area contributed by atoms with Gasteiger partial charge >= 0.3 is 0 Å². The zero-order valence-electron chi connectivity index (χ0n) is 9.63. The summed E-state index contributed by atoms with van der Waals surface area (Å²) in [6.07, 6.45) is 3.60. The van der Waals surface area contributed by atoms with E-state index in [0.29, 0.717) is 0 Å². The number of fused-ring (bicyclic) bond motifs is 1. The topological polar surface area (TPSA) is 55.5 Å². The fourth-order valence-electron chi connectivity index (χ4n) is 2.99. The molecule has 4 heteroatoms. The van der Waals surface area contributed by atoms with Crippen LogP contribution in [0.3, 0.4) is 0 Å². The highest BCUT2D eigenvalue weighted by Crippen LogP contribution is 2.46. The summed E-state index contributed by atoms with van der Waals surface area (Å²) < 4.78 is 6.08. The van der Waals surface area contributed by atoms with Gasteiger partial charge in [0.2, 0.25) is 0 Å². The monoisotopic (exact) mass is 255 g/mol. The summed E-state index contributed by atoms with van der Waals surface area (Å²) in [5, 5.41) is 10.3. The number of para-hydroxylation sites is 1. The smallest absolute Gasteiger partial charge is 0.127 e. The molecule has 3 N–H and O–H groups in total. The van der Waals surface area contributed by atoms with E-state index in [9.17, 15) is 5.11 Å². The van der Waals surface area contributed by atoms with Crippen LogP contribution in [0.2, 0.25) is 0 Å². The van der Waals surface area contributed by atoms with Crippen molar-refractivity contribution in [1.29, 1.82) is 0 Å². The highest BCUT2D eigenvalue weighted by Gasteiger charge is 2.49. The van der Waals surface area contributed by atoms with Crippen LogP contribution in [-0.2, 0) is 0 Å². The van der Waals surface area contributed by atoms with Crippen molar-refractivity contribution < 1.29 is 9.84 Å². The Morgan fingerprint density at radius 1 is 1.24 bits per heavy atom. The maximum atomic E-state index is 10.3. The number of nitrogens with two attached hydrogens (primary N) is 1. The fourth-order valence-corrected chi connectivity index (χ4v) is 2.99. The molecule has 1 aliphatic heterocycles. The molecule has 1 aromatic rings. The molecule has 0 saturated heterocycles. The summed E-state index contributed by atoms with van der Waals surface area (Å²) in [4.78, 5) is 0. The highest BCUT2D eigenvalue weighted by molar-refractivity contribution is 5.85. The van der Waals surface area contributed by atoms with Crippen LogP contribution in [0.25, 0.3) is 0 Å². The quantitative estimate of drug-likeness (QED) is 0.747. The average Bonchev–Trinajstić information content (AvgIpc) is 2.76. The van der Waals surface area contributed by atoms with Gasteiger partial charge in [0.15, 0.2) is 0 Å². The second kappa shape index (κ2) is 4.48. The second-order valence-corrected chi connectivity index (χ2v) is 4.88. The minimum Gasteiger partial charge on any atom is -0.485 e. The van der Waals surface area contributed by atoms with Crippen molar-refractivity contribution in [3.63, 3.8) is 0 Å². The maximum Gasteiger partial charge on any atom is 0.127 e. The normalized spacial score (nSPS) is 29.3. The highest BCUT2D eigenvalue weighted by atomic mass is 35.5. The van der Waals surface area contributed by atoms with Crippen LogP contribution in [0, 0.1) is 0 Å². The van der Waals surface area contributed by atoms with E-state index in [1.807, 2.05) is 24.3 Å². The van der Waals surface area contributed by atoms with Gasteiger partial charge < -0.3 is 15.6 Å². The number of aliphatic hydroxyl groups excluding tert-OH is 1. The van der Waals surface area contributed by atoms with Crippen LogP contribution in [0.5, 0.6) is 5.75 Å². The van der Waals surface area contributed by atoms with Crippen LogP contribution in [0.15, 0.2) is 24.3 Å². The first-order valence-electron chi connectivity index (χ1n) is 5.94. The van der Waals surface area contributed by atoms with Crippen LogP contribution < -0.4 is 10.5 Å². The van der Waals surface area contributed by atoms with Crippen molar-refractivity contribution in [3.05, 3.63) is 29.8 Å². The molecule has 0 amide bonds. The Balaban J connectivity index is 0.00000108. The average molecular weight is 256 g/mol. The van der Waals surface area contributed by atoms with E-state index in [2.05, 4.69) is 0 Å². The minimum absolute atomic E-state index is 0. The second-order valence-electron chi connectivity index (χ2n) is 4.88. The Morgan fingerprint density at radius 3 is 2.59 bits per heavy atom. The third-order valence-corrected chi connectivity index (χ3v) is 3.95. The van der Waals surface area contributed by atoms with E-state index >= 15 is 0 Å². The predicted octanol–water partition coefficient (Wildman–Crippen LogP) is 2.17. The van der Waals surface area contributed by atoms with Gasteiger partial charge in [0.05, 0.1) is 6.04 Å². The standard InChI is InChI=1S/C13H17NO2.ClH/c14-12-11(15)9-5-1-2-6-10(9)16-13(12)7-3-4-8-13;/h1-2,5-6,11-12,15H,3-4,7-8,14H2;1H. The number of benzene rings is 1. The molecule has 1 heterocycles. The first kappa shape index (κ1) is 12.7. The molecule has 94 valence electrons. The van der Waals surface area contributed by atoms with Crippen molar-refractivity contribution in [2.45, 2.75) is 43.4 Å². The van der Waals surface area contributed by atoms with Gasteiger partial charge in [-0.2, -0.15) is 0 Å². The van der Waals surface area contributed by atoms with Crippen LogP contribution in [0.1, 0.15) is 37.4 Å². The molecule has 3 rings (SSSR count). The number of rotatable bonds is 0. The third-order valence-electron chi connectivity index (χ3n) is 3.95. The molecule has 1 aliphatic carbocycles. The van der Waals surface area contributed by atoms with Crippen molar-refractivity contribution in [1.82, 2.24) is 0 Å². The Bertz CT molecular complexity index is 404. The Labute approximate surface area is 107 Å². The van der Waals surface area contributed by atoms with Crippen LogP contribution >= 0.6 is 12.4 Å². The van der Waals surface area contributed by atoms with E-state index in [1.54, 1.807) is 0 Å². The van der Waals surface area contributed by atoms with E-state index in [4.69, 9.17) is 10.5 Å². The Hall–Kier alpha value is -0.770. The summed E-state index contributed by atoms with van der Waals surface area (Å²) in [6.45, 7) is 0. The van der Waals surface area contributed by atoms with E-state index in [-0.39, 0.29) is 24.0 Å². The Kier molecular flexibility index (Phi) is 3.34. The lowest BCUT2D eigenvalue weighted by Gasteiger charge is -2.43. The molecule has 3 nitrogen and oxygen atoms in total. The van der Waals surface area contributed by atoms with E-state index in [0.717, 1.165) is 37.0 Å². The van der Waals surface area contributed by atoms with Crippen LogP contribution in [-0.4, -0.2) is 16.7 Å². The van der Waals surface area contributed by atoms with Gasteiger partial charge in [-0.25, -0.2) is 0 Å². The number of hydrogen-bond acceptors (Lipinski definition) is 3. The molecule has 0 aromatic heterocycles. The fraction of sp³-hybridized carbons (Fsp3) is 0.538. The molecule has 1 spiro atoms. The largest absolute Gasteiger partial charge is 0.485 e.